The van der Waals surface area contributed by atoms with Crippen LogP contribution in [-0.4, -0.2) is 18.5 Å². The topological polar surface area (TPSA) is 52.6 Å². The fourth-order valence-electron chi connectivity index (χ4n) is 2.89. The van der Waals surface area contributed by atoms with Crippen LogP contribution in [0.1, 0.15) is 89.5 Å². The van der Waals surface area contributed by atoms with Crippen LogP contribution in [0, 0.1) is 6.92 Å². The molecule has 0 fully saturated rings. The molecular weight excluding hydrogens is 340 g/mol. The van der Waals surface area contributed by atoms with E-state index in [9.17, 15) is 9.59 Å². The monoisotopic (exact) mass is 376 g/mol. The molecule has 4 heteroatoms. The molecule has 0 aromatic heterocycles. The highest BCUT2D eigenvalue weighted by atomic mass is 16.5. The second-order valence-electron chi connectivity index (χ2n) is 7.19. The van der Waals surface area contributed by atoms with Crippen molar-refractivity contribution >= 4 is 11.9 Å². The summed E-state index contributed by atoms with van der Waals surface area (Å²) in [4.78, 5) is 23.4. The number of esters is 2. The molecule has 0 saturated heterocycles. The van der Waals surface area contributed by atoms with Crippen LogP contribution in [0.3, 0.4) is 0 Å². The quantitative estimate of drug-likeness (QED) is 0.209. The van der Waals surface area contributed by atoms with Gasteiger partial charge in [0.05, 0.1) is 6.61 Å². The predicted molar refractivity (Wildman–Crippen MR) is 109 cm³/mol. The van der Waals surface area contributed by atoms with Gasteiger partial charge in [-0.1, -0.05) is 64.0 Å². The summed E-state index contributed by atoms with van der Waals surface area (Å²) in [5.41, 5.74) is 1.08. The maximum atomic E-state index is 11.8. The summed E-state index contributed by atoms with van der Waals surface area (Å²) in [5, 5.41) is 0. The van der Waals surface area contributed by atoms with Crippen LogP contribution in [0.4, 0.5) is 0 Å². The lowest BCUT2D eigenvalue weighted by molar-refractivity contribution is -0.144. The van der Waals surface area contributed by atoms with Crippen LogP contribution >= 0.6 is 0 Å². The molecule has 0 aliphatic carbocycles. The van der Waals surface area contributed by atoms with Gasteiger partial charge in [-0.2, -0.15) is 0 Å². The molecule has 0 heterocycles. The van der Waals surface area contributed by atoms with Crippen molar-refractivity contribution < 1.29 is 19.1 Å². The van der Waals surface area contributed by atoms with E-state index < -0.39 is 0 Å². The Morgan fingerprint density at radius 1 is 0.815 bits per heavy atom. The summed E-state index contributed by atoms with van der Waals surface area (Å²) in [5.74, 6) is 0.393. The summed E-state index contributed by atoms with van der Waals surface area (Å²) in [7, 11) is 0. The molecule has 27 heavy (non-hydrogen) atoms. The number of hydrogen-bond acceptors (Lipinski definition) is 4. The molecule has 0 bridgehead atoms. The van der Waals surface area contributed by atoms with Gasteiger partial charge in [0.1, 0.15) is 5.75 Å². The average Bonchev–Trinajstić information content (AvgIpc) is 2.63. The van der Waals surface area contributed by atoms with Gasteiger partial charge in [-0.3, -0.25) is 9.59 Å². The molecule has 0 aliphatic heterocycles. The van der Waals surface area contributed by atoms with Crippen molar-refractivity contribution in [3.05, 3.63) is 29.8 Å². The van der Waals surface area contributed by atoms with Gasteiger partial charge in [-0.25, -0.2) is 0 Å². The average molecular weight is 377 g/mol. The van der Waals surface area contributed by atoms with E-state index in [1.807, 2.05) is 25.1 Å². The fraction of sp³-hybridized carbons (Fsp3) is 0.652. The summed E-state index contributed by atoms with van der Waals surface area (Å²) in [6.45, 7) is 4.71. The number of carbonyl (C=O) groups is 2. The molecule has 1 aromatic carbocycles. The van der Waals surface area contributed by atoms with E-state index in [-0.39, 0.29) is 11.9 Å². The van der Waals surface area contributed by atoms with Crippen molar-refractivity contribution in [2.75, 3.05) is 6.61 Å². The minimum Gasteiger partial charge on any atom is -0.466 e. The summed E-state index contributed by atoms with van der Waals surface area (Å²) < 4.78 is 10.6. The largest absolute Gasteiger partial charge is 0.466 e. The van der Waals surface area contributed by atoms with Crippen molar-refractivity contribution in [1.82, 2.24) is 0 Å². The first kappa shape index (κ1) is 23.2. The molecule has 0 aliphatic rings. The Kier molecular flexibility index (Phi) is 13.1. The van der Waals surface area contributed by atoms with Gasteiger partial charge in [0.15, 0.2) is 0 Å². The van der Waals surface area contributed by atoms with Gasteiger partial charge < -0.3 is 9.47 Å². The van der Waals surface area contributed by atoms with Crippen molar-refractivity contribution in [2.45, 2.75) is 90.9 Å². The molecule has 0 atom stereocenters. The SMILES string of the molecule is CCCCCCOC(=O)CCCCCCCCC(=O)Oc1cccc(C)c1. The lowest BCUT2D eigenvalue weighted by Crippen LogP contribution is -2.07. The molecule has 0 radical (unpaired) electrons. The lowest BCUT2D eigenvalue weighted by Gasteiger charge is -2.06. The second-order valence-corrected chi connectivity index (χ2v) is 7.19. The van der Waals surface area contributed by atoms with E-state index in [4.69, 9.17) is 9.47 Å². The number of unbranched alkanes of at least 4 members (excludes halogenated alkanes) is 8. The summed E-state index contributed by atoms with van der Waals surface area (Å²) >= 11 is 0. The Balaban J connectivity index is 1.91. The van der Waals surface area contributed by atoms with Crippen molar-refractivity contribution in [3.8, 4) is 5.75 Å². The van der Waals surface area contributed by atoms with Gasteiger partial charge in [0, 0.05) is 12.8 Å². The Morgan fingerprint density at radius 2 is 1.44 bits per heavy atom. The van der Waals surface area contributed by atoms with Gasteiger partial charge >= 0.3 is 11.9 Å². The number of aryl methyl sites for hydroxylation is 1. The van der Waals surface area contributed by atoms with Gasteiger partial charge in [0.25, 0.3) is 0 Å². The highest BCUT2D eigenvalue weighted by molar-refractivity contribution is 5.72. The van der Waals surface area contributed by atoms with Crippen molar-refractivity contribution in [2.24, 2.45) is 0 Å². The van der Waals surface area contributed by atoms with Gasteiger partial charge in [0.2, 0.25) is 0 Å². The van der Waals surface area contributed by atoms with Crippen LogP contribution in [0.2, 0.25) is 0 Å². The first-order valence-electron chi connectivity index (χ1n) is 10.5. The molecule has 1 aromatic rings. The van der Waals surface area contributed by atoms with Crippen molar-refractivity contribution in [1.29, 1.82) is 0 Å². The van der Waals surface area contributed by atoms with E-state index in [0.717, 1.165) is 56.9 Å². The maximum Gasteiger partial charge on any atom is 0.311 e. The third kappa shape index (κ3) is 13.0. The first-order chi connectivity index (χ1) is 13.1. The number of ether oxygens (including phenoxy) is 2. The molecule has 4 nitrogen and oxygen atoms in total. The number of benzene rings is 1. The Labute approximate surface area is 164 Å². The summed E-state index contributed by atoms with van der Waals surface area (Å²) in [6.07, 6.45) is 11.5. The minimum absolute atomic E-state index is 0.0645. The molecule has 1 rings (SSSR count). The molecule has 152 valence electrons. The first-order valence-corrected chi connectivity index (χ1v) is 10.5. The third-order valence-electron chi connectivity index (χ3n) is 4.49. The highest BCUT2D eigenvalue weighted by Gasteiger charge is 2.05. The van der Waals surface area contributed by atoms with Gasteiger partial charge in [-0.05, 0) is 43.9 Å². The third-order valence-corrected chi connectivity index (χ3v) is 4.49. The Hall–Kier alpha value is -1.84. The lowest BCUT2D eigenvalue weighted by atomic mass is 10.1. The Morgan fingerprint density at radius 3 is 2.11 bits per heavy atom. The molecular formula is C23H36O4. The highest BCUT2D eigenvalue weighted by Crippen LogP contribution is 2.14. The molecule has 0 spiro atoms. The van der Waals surface area contributed by atoms with E-state index in [1.54, 1.807) is 6.07 Å². The zero-order valence-corrected chi connectivity index (χ0v) is 17.1. The fourth-order valence-corrected chi connectivity index (χ4v) is 2.89. The number of rotatable bonds is 15. The van der Waals surface area contributed by atoms with Crippen LogP contribution < -0.4 is 4.74 Å². The zero-order valence-electron chi connectivity index (χ0n) is 17.1. The normalized spacial score (nSPS) is 10.6. The smallest absolute Gasteiger partial charge is 0.311 e. The van der Waals surface area contributed by atoms with E-state index >= 15 is 0 Å². The number of hydrogen-bond donors (Lipinski definition) is 0. The summed E-state index contributed by atoms with van der Waals surface area (Å²) in [6, 6.07) is 7.54. The molecule has 0 N–H and O–H groups in total. The maximum absolute atomic E-state index is 11.8. The van der Waals surface area contributed by atoms with Gasteiger partial charge in [-0.15, -0.1) is 0 Å². The van der Waals surface area contributed by atoms with Crippen LogP contribution in [0.5, 0.6) is 5.75 Å². The second kappa shape index (κ2) is 15.2. The Bertz CT molecular complexity index is 539. The van der Waals surface area contributed by atoms with Crippen molar-refractivity contribution in [3.63, 3.8) is 0 Å². The number of carbonyl (C=O) groups excluding carboxylic acids is 2. The van der Waals surface area contributed by atoms with Crippen LogP contribution in [-0.2, 0) is 14.3 Å². The molecule has 0 unspecified atom stereocenters. The molecule has 0 saturated carbocycles. The van der Waals surface area contributed by atoms with E-state index in [0.29, 0.717) is 25.2 Å². The van der Waals surface area contributed by atoms with Crippen LogP contribution in [0.25, 0.3) is 0 Å². The molecule has 0 amide bonds. The van der Waals surface area contributed by atoms with Crippen LogP contribution in [0.15, 0.2) is 24.3 Å². The van der Waals surface area contributed by atoms with E-state index in [2.05, 4.69) is 6.92 Å². The predicted octanol–water partition coefficient (Wildman–Crippen LogP) is 6.14. The van der Waals surface area contributed by atoms with E-state index in [1.165, 1.54) is 12.8 Å². The minimum atomic E-state index is -0.165. The standard InChI is InChI=1S/C23H36O4/c1-3-4-5-12-18-26-22(24)16-10-8-6-7-9-11-17-23(25)27-21-15-13-14-20(2)19-21/h13-15,19H,3-12,16-18H2,1-2H3. The zero-order chi connectivity index (χ0) is 19.7.